The predicted octanol–water partition coefficient (Wildman–Crippen LogP) is 2.79. The monoisotopic (exact) mass is 317 g/mol. The molecule has 0 fully saturated rings. The van der Waals surface area contributed by atoms with Crippen LogP contribution in [0, 0.1) is 0 Å². The zero-order valence-electron chi connectivity index (χ0n) is 13.2. The van der Waals surface area contributed by atoms with Gasteiger partial charge in [0, 0.05) is 30.2 Å². The van der Waals surface area contributed by atoms with Gasteiger partial charge in [0.05, 0.1) is 0 Å². The first kappa shape index (κ1) is 16.5. The fourth-order valence-electron chi connectivity index (χ4n) is 2.44. The van der Waals surface area contributed by atoms with E-state index in [4.69, 9.17) is 11.6 Å². The first-order chi connectivity index (χ1) is 10.5. The Morgan fingerprint density at radius 1 is 1.00 bits per heavy atom. The summed E-state index contributed by atoms with van der Waals surface area (Å²) in [5.41, 5.74) is 2.17. The molecule has 0 saturated carbocycles. The zero-order valence-corrected chi connectivity index (χ0v) is 13.9. The number of carbonyl (C=O) groups is 1. The lowest BCUT2D eigenvalue weighted by atomic mass is 10.0. The van der Waals surface area contributed by atoms with Crippen molar-refractivity contribution < 1.29 is 10.1 Å². The van der Waals surface area contributed by atoms with Crippen LogP contribution in [0.4, 0.5) is 0 Å². The SMILES string of the molecule is C[C@H]([NH2+][C@@H](C(=O)N(C)C)c1ccccc1)c1ccc(Cl)cc1. The molecule has 0 aliphatic rings. The number of rotatable bonds is 5. The lowest BCUT2D eigenvalue weighted by Gasteiger charge is -2.22. The highest BCUT2D eigenvalue weighted by Crippen LogP contribution is 2.16. The molecule has 0 saturated heterocycles. The van der Waals surface area contributed by atoms with Gasteiger partial charge in [-0.25, -0.2) is 0 Å². The van der Waals surface area contributed by atoms with Crippen LogP contribution < -0.4 is 5.32 Å². The number of halogens is 1. The van der Waals surface area contributed by atoms with E-state index < -0.39 is 0 Å². The first-order valence-corrected chi connectivity index (χ1v) is 7.73. The van der Waals surface area contributed by atoms with Crippen molar-refractivity contribution in [1.82, 2.24) is 4.90 Å². The van der Waals surface area contributed by atoms with Crippen molar-refractivity contribution in [2.45, 2.75) is 19.0 Å². The topological polar surface area (TPSA) is 36.9 Å². The molecule has 0 heterocycles. The Kier molecular flexibility index (Phi) is 5.58. The van der Waals surface area contributed by atoms with Crippen LogP contribution >= 0.6 is 11.6 Å². The Balaban J connectivity index is 2.23. The van der Waals surface area contributed by atoms with Crippen LogP contribution in [0.25, 0.3) is 0 Å². The van der Waals surface area contributed by atoms with Crippen molar-refractivity contribution in [3.8, 4) is 0 Å². The highest BCUT2D eigenvalue weighted by molar-refractivity contribution is 6.30. The fourth-order valence-corrected chi connectivity index (χ4v) is 2.57. The third-order valence-electron chi connectivity index (χ3n) is 3.74. The molecule has 2 aromatic carbocycles. The van der Waals surface area contributed by atoms with Crippen LogP contribution in [-0.4, -0.2) is 24.9 Å². The van der Waals surface area contributed by atoms with Gasteiger partial charge >= 0.3 is 0 Å². The Morgan fingerprint density at radius 3 is 2.14 bits per heavy atom. The van der Waals surface area contributed by atoms with E-state index in [0.717, 1.165) is 16.1 Å². The third-order valence-corrected chi connectivity index (χ3v) is 3.99. The van der Waals surface area contributed by atoms with Crippen molar-refractivity contribution in [2.75, 3.05) is 14.1 Å². The maximum absolute atomic E-state index is 12.5. The summed E-state index contributed by atoms with van der Waals surface area (Å²) in [7, 11) is 3.58. The van der Waals surface area contributed by atoms with Crippen molar-refractivity contribution in [3.05, 3.63) is 70.7 Å². The van der Waals surface area contributed by atoms with E-state index in [1.807, 2.05) is 54.6 Å². The summed E-state index contributed by atoms with van der Waals surface area (Å²) in [6, 6.07) is 17.6. The van der Waals surface area contributed by atoms with Crippen LogP contribution in [0.15, 0.2) is 54.6 Å². The quantitative estimate of drug-likeness (QED) is 0.904. The van der Waals surface area contributed by atoms with Crippen LogP contribution in [0.3, 0.4) is 0 Å². The molecule has 2 aromatic rings. The van der Waals surface area contributed by atoms with Gasteiger partial charge < -0.3 is 10.2 Å². The number of quaternary nitrogens is 1. The zero-order chi connectivity index (χ0) is 16.1. The molecule has 0 unspecified atom stereocenters. The van der Waals surface area contributed by atoms with Gasteiger partial charge in [-0.15, -0.1) is 0 Å². The standard InChI is InChI=1S/C18H21ClN2O/c1-13(14-9-11-16(19)12-10-14)20-17(18(22)21(2)3)15-7-5-4-6-8-15/h4-13,17,20H,1-3H3/p+1/t13-,17+/m0/s1. The van der Waals surface area contributed by atoms with E-state index in [1.165, 1.54) is 0 Å². The molecule has 2 atom stereocenters. The summed E-state index contributed by atoms with van der Waals surface area (Å²) >= 11 is 5.94. The third kappa shape index (κ3) is 4.09. The first-order valence-electron chi connectivity index (χ1n) is 7.35. The highest BCUT2D eigenvalue weighted by Gasteiger charge is 2.28. The number of nitrogens with two attached hydrogens (primary N) is 1. The Bertz CT molecular complexity index is 611. The molecule has 4 heteroatoms. The van der Waals surface area contributed by atoms with Gasteiger partial charge in [-0.05, 0) is 19.1 Å². The minimum Gasteiger partial charge on any atom is -0.343 e. The maximum Gasteiger partial charge on any atom is 0.285 e. The molecule has 2 rings (SSSR count). The lowest BCUT2D eigenvalue weighted by molar-refractivity contribution is -0.719. The predicted molar refractivity (Wildman–Crippen MR) is 89.7 cm³/mol. The van der Waals surface area contributed by atoms with Gasteiger partial charge in [-0.1, -0.05) is 54.1 Å². The van der Waals surface area contributed by atoms with E-state index in [9.17, 15) is 4.79 Å². The van der Waals surface area contributed by atoms with Crippen molar-refractivity contribution in [3.63, 3.8) is 0 Å². The largest absolute Gasteiger partial charge is 0.343 e. The summed E-state index contributed by atoms with van der Waals surface area (Å²) < 4.78 is 0. The van der Waals surface area contributed by atoms with Gasteiger partial charge in [0.25, 0.3) is 5.91 Å². The van der Waals surface area contributed by atoms with E-state index in [1.54, 1.807) is 19.0 Å². The van der Waals surface area contributed by atoms with E-state index in [-0.39, 0.29) is 18.0 Å². The number of hydrogen-bond acceptors (Lipinski definition) is 1. The molecule has 0 radical (unpaired) electrons. The maximum atomic E-state index is 12.5. The van der Waals surface area contributed by atoms with E-state index >= 15 is 0 Å². The number of benzene rings is 2. The lowest BCUT2D eigenvalue weighted by Crippen LogP contribution is -2.87. The number of likely N-dealkylation sites (N-methyl/N-ethyl adjacent to an activating group) is 1. The normalized spacial score (nSPS) is 13.5. The van der Waals surface area contributed by atoms with Gasteiger partial charge in [-0.3, -0.25) is 4.79 Å². The molecule has 0 bridgehead atoms. The molecule has 1 amide bonds. The molecule has 22 heavy (non-hydrogen) atoms. The molecule has 3 nitrogen and oxygen atoms in total. The number of hydrogen-bond donors (Lipinski definition) is 1. The average molecular weight is 318 g/mol. The molecule has 2 N–H and O–H groups in total. The van der Waals surface area contributed by atoms with E-state index in [0.29, 0.717) is 0 Å². The molecular weight excluding hydrogens is 296 g/mol. The minimum absolute atomic E-state index is 0.0898. The summed E-state index contributed by atoms with van der Waals surface area (Å²) in [6.45, 7) is 2.10. The molecule has 0 spiro atoms. The average Bonchev–Trinajstić information content (AvgIpc) is 2.53. The van der Waals surface area contributed by atoms with Crippen molar-refractivity contribution >= 4 is 17.5 Å². The smallest absolute Gasteiger partial charge is 0.285 e. The van der Waals surface area contributed by atoms with Gasteiger partial charge in [0.15, 0.2) is 6.04 Å². The van der Waals surface area contributed by atoms with Crippen LogP contribution in [0.5, 0.6) is 0 Å². The second kappa shape index (κ2) is 7.43. The molecule has 116 valence electrons. The van der Waals surface area contributed by atoms with Crippen LogP contribution in [0.1, 0.15) is 30.1 Å². The summed E-state index contributed by atoms with van der Waals surface area (Å²) in [6.07, 6.45) is 0. The Hall–Kier alpha value is -1.84. The molecular formula is C18H22ClN2O+. The van der Waals surface area contributed by atoms with Crippen LogP contribution in [-0.2, 0) is 4.79 Å². The summed E-state index contributed by atoms with van der Waals surface area (Å²) in [5.74, 6) is 0.0898. The number of nitrogens with zero attached hydrogens (tertiary/aromatic N) is 1. The number of amides is 1. The van der Waals surface area contributed by atoms with Crippen LogP contribution in [0.2, 0.25) is 5.02 Å². The Morgan fingerprint density at radius 2 is 1.59 bits per heavy atom. The summed E-state index contributed by atoms with van der Waals surface area (Å²) in [5, 5.41) is 2.82. The van der Waals surface area contributed by atoms with Gasteiger partial charge in [-0.2, -0.15) is 0 Å². The van der Waals surface area contributed by atoms with Gasteiger partial charge in [0.1, 0.15) is 6.04 Å². The molecule has 0 aromatic heterocycles. The number of carbonyl (C=O) groups excluding carboxylic acids is 1. The van der Waals surface area contributed by atoms with E-state index in [2.05, 4.69) is 12.2 Å². The second-order valence-electron chi connectivity index (χ2n) is 5.65. The highest BCUT2D eigenvalue weighted by atomic mass is 35.5. The van der Waals surface area contributed by atoms with Gasteiger partial charge in [0.2, 0.25) is 0 Å². The van der Waals surface area contributed by atoms with Crippen molar-refractivity contribution in [2.24, 2.45) is 0 Å². The fraction of sp³-hybridized carbons (Fsp3) is 0.278. The molecule has 0 aliphatic heterocycles. The Labute approximate surface area is 136 Å². The van der Waals surface area contributed by atoms with Crippen molar-refractivity contribution in [1.29, 1.82) is 0 Å². The molecule has 0 aliphatic carbocycles. The summed E-state index contributed by atoms with van der Waals surface area (Å²) in [4.78, 5) is 14.2. The second-order valence-corrected chi connectivity index (χ2v) is 6.09. The minimum atomic E-state index is -0.248.